The molecule has 2 aromatic carbocycles. The number of carbonyl (C=O) groups excluding carboxylic acids is 1. The van der Waals surface area contributed by atoms with Crippen LogP contribution in [-0.2, 0) is 3.74 Å². The molecule has 0 aliphatic carbocycles. The van der Waals surface area contributed by atoms with Gasteiger partial charge in [-0.15, -0.1) is 0 Å². The molecule has 0 aliphatic heterocycles. The van der Waals surface area contributed by atoms with Gasteiger partial charge < -0.3 is 0 Å². The Morgan fingerprint density at radius 1 is 0.850 bits per heavy atom. The minimum absolute atomic E-state index is 0.0304. The predicted octanol–water partition coefficient (Wildman–Crippen LogP) is 0.892. The molecule has 0 unspecified atom stereocenters. The fourth-order valence-electron chi connectivity index (χ4n) is 1.55. The predicted molar refractivity (Wildman–Crippen MR) is 76.0 cm³/mol. The average Bonchev–Trinajstić information content (AvgIpc) is 2.39. The molecule has 4 N–H and O–H groups in total. The summed E-state index contributed by atoms with van der Waals surface area (Å²) in [6, 6.07) is 14.0. The number of rotatable bonds is 3. The molecule has 2 aromatic rings. The van der Waals surface area contributed by atoms with E-state index in [0.29, 0.717) is 11.4 Å². The molecule has 0 saturated heterocycles. The van der Waals surface area contributed by atoms with Crippen molar-refractivity contribution >= 4 is 35.9 Å². The molecule has 0 saturated carbocycles. The molecule has 7 heteroatoms. The Bertz CT molecular complexity index is 637. The van der Waals surface area contributed by atoms with Crippen LogP contribution in [0.4, 0.5) is 16.2 Å². The second-order valence-electron chi connectivity index (χ2n) is 4.04. The van der Waals surface area contributed by atoms with Crippen molar-refractivity contribution in [2.24, 2.45) is 0 Å². The van der Waals surface area contributed by atoms with E-state index in [2.05, 4.69) is 10.6 Å². The topological polar surface area (TPSA) is 98.7 Å². The van der Waals surface area contributed by atoms with E-state index in [9.17, 15) is 8.53 Å². The van der Waals surface area contributed by atoms with Crippen LogP contribution in [0.15, 0.2) is 54.6 Å². The molecule has 104 valence electrons. The Kier molecular flexibility index (Phi) is 4.29. The van der Waals surface area contributed by atoms with E-state index < -0.39 is 20.2 Å². The SMILES string of the molecule is O=C(Nc1ccccc1)Nc1ccc([As](=O)(O)O)cc1. The van der Waals surface area contributed by atoms with Gasteiger partial charge in [-0.2, -0.15) is 0 Å². The van der Waals surface area contributed by atoms with Gasteiger partial charge in [-0.1, -0.05) is 0 Å². The van der Waals surface area contributed by atoms with E-state index in [1.54, 1.807) is 24.3 Å². The van der Waals surface area contributed by atoms with Crippen molar-refractivity contribution in [3.63, 3.8) is 0 Å². The average molecular weight is 336 g/mol. The van der Waals surface area contributed by atoms with Crippen LogP contribution in [0.3, 0.4) is 0 Å². The Morgan fingerprint density at radius 2 is 1.35 bits per heavy atom. The van der Waals surface area contributed by atoms with Gasteiger partial charge in [0.15, 0.2) is 0 Å². The minimum atomic E-state index is -4.87. The third kappa shape index (κ3) is 3.99. The summed E-state index contributed by atoms with van der Waals surface area (Å²) in [5.41, 5.74) is 1.10. The van der Waals surface area contributed by atoms with E-state index in [4.69, 9.17) is 8.19 Å². The number of benzene rings is 2. The summed E-state index contributed by atoms with van der Waals surface area (Å²) < 4.78 is 29.1. The number of para-hydroxylation sites is 1. The van der Waals surface area contributed by atoms with Gasteiger partial charge in [0.05, 0.1) is 0 Å². The molecule has 0 aromatic heterocycles. The second-order valence-corrected chi connectivity index (χ2v) is 7.40. The van der Waals surface area contributed by atoms with Gasteiger partial charge in [-0.25, -0.2) is 0 Å². The first-order chi connectivity index (χ1) is 9.45. The summed E-state index contributed by atoms with van der Waals surface area (Å²) in [5, 5.41) is 5.21. The van der Waals surface area contributed by atoms with Gasteiger partial charge in [0.1, 0.15) is 0 Å². The van der Waals surface area contributed by atoms with Crippen molar-refractivity contribution in [3.05, 3.63) is 54.6 Å². The van der Waals surface area contributed by atoms with Gasteiger partial charge in [-0.05, 0) is 0 Å². The van der Waals surface area contributed by atoms with E-state index in [-0.39, 0.29) is 4.35 Å². The molecule has 20 heavy (non-hydrogen) atoms. The van der Waals surface area contributed by atoms with Crippen molar-refractivity contribution in [2.45, 2.75) is 0 Å². The molecule has 0 spiro atoms. The van der Waals surface area contributed by atoms with Crippen molar-refractivity contribution < 1.29 is 16.7 Å². The number of urea groups is 1. The van der Waals surface area contributed by atoms with Crippen LogP contribution < -0.4 is 15.0 Å². The molecule has 0 aliphatic rings. The fraction of sp³-hybridized carbons (Fsp3) is 0. The standard InChI is InChI=1S/C13H13AsN2O4/c17-13(15-11-4-2-1-3-5-11)16-12-8-6-10(7-9-12)14(18,19)20/h1-9H,(H2,15,16,17)(H2,18,19,20). The first kappa shape index (κ1) is 14.4. The zero-order chi connectivity index (χ0) is 14.6. The molecule has 0 radical (unpaired) electrons. The summed E-state index contributed by atoms with van der Waals surface area (Å²) in [6.07, 6.45) is 0. The van der Waals surface area contributed by atoms with E-state index in [1.165, 1.54) is 24.3 Å². The van der Waals surface area contributed by atoms with E-state index in [0.717, 1.165) is 0 Å². The van der Waals surface area contributed by atoms with Crippen molar-refractivity contribution in [1.29, 1.82) is 0 Å². The Hall–Kier alpha value is -2.01. The van der Waals surface area contributed by atoms with Gasteiger partial charge in [0, 0.05) is 0 Å². The van der Waals surface area contributed by atoms with Gasteiger partial charge >= 0.3 is 118 Å². The Morgan fingerprint density at radius 3 is 1.85 bits per heavy atom. The number of hydrogen-bond donors (Lipinski definition) is 4. The van der Waals surface area contributed by atoms with Crippen LogP contribution in [-0.4, -0.2) is 28.4 Å². The summed E-state index contributed by atoms with van der Waals surface area (Å²) in [5.74, 6) is 0. The van der Waals surface area contributed by atoms with Crippen LogP contribution in [0.2, 0.25) is 0 Å². The second kappa shape index (κ2) is 5.96. The monoisotopic (exact) mass is 336 g/mol. The third-order valence-electron chi connectivity index (χ3n) is 2.49. The Labute approximate surface area is 118 Å². The maximum atomic E-state index is 11.7. The van der Waals surface area contributed by atoms with Gasteiger partial charge in [-0.3, -0.25) is 0 Å². The third-order valence-corrected chi connectivity index (χ3v) is 4.53. The molecule has 2 amide bonds. The molecule has 0 atom stereocenters. The summed E-state index contributed by atoms with van der Waals surface area (Å²) >= 11 is -4.87. The summed E-state index contributed by atoms with van der Waals surface area (Å²) in [7, 11) is 0. The summed E-state index contributed by atoms with van der Waals surface area (Å²) in [6.45, 7) is 0. The number of hydrogen-bond acceptors (Lipinski definition) is 2. The molecule has 6 nitrogen and oxygen atoms in total. The molecule has 0 fully saturated rings. The van der Waals surface area contributed by atoms with Crippen molar-refractivity contribution in [1.82, 2.24) is 0 Å². The van der Waals surface area contributed by atoms with Crippen LogP contribution in [0, 0.1) is 0 Å². The van der Waals surface area contributed by atoms with Gasteiger partial charge in [0.25, 0.3) is 0 Å². The number of anilines is 2. The Balaban J connectivity index is 2.00. The normalized spacial score (nSPS) is 10.9. The number of amides is 2. The number of nitrogens with one attached hydrogen (secondary N) is 2. The van der Waals surface area contributed by atoms with Crippen molar-refractivity contribution in [3.8, 4) is 0 Å². The fourth-order valence-corrected chi connectivity index (χ4v) is 2.68. The zero-order valence-electron chi connectivity index (χ0n) is 10.4. The van der Waals surface area contributed by atoms with Crippen LogP contribution >= 0.6 is 0 Å². The van der Waals surface area contributed by atoms with Crippen LogP contribution in [0.1, 0.15) is 0 Å². The number of carbonyl (C=O) groups is 1. The molecule has 0 bridgehead atoms. The molecule has 2 rings (SSSR count). The quantitative estimate of drug-likeness (QED) is 0.626. The zero-order valence-corrected chi connectivity index (χ0v) is 12.2. The van der Waals surface area contributed by atoms with E-state index >= 15 is 0 Å². The molecular formula is C13H13AsN2O4. The van der Waals surface area contributed by atoms with Crippen LogP contribution in [0.5, 0.6) is 0 Å². The maximum absolute atomic E-state index is 11.7. The first-order valence-electron chi connectivity index (χ1n) is 5.74. The van der Waals surface area contributed by atoms with E-state index in [1.807, 2.05) is 6.07 Å². The first-order valence-corrected chi connectivity index (χ1v) is 9.13. The molecular weight excluding hydrogens is 323 g/mol. The van der Waals surface area contributed by atoms with Crippen molar-refractivity contribution in [2.75, 3.05) is 10.6 Å². The van der Waals surface area contributed by atoms with Crippen LogP contribution in [0.25, 0.3) is 0 Å². The van der Waals surface area contributed by atoms with Gasteiger partial charge in [0.2, 0.25) is 0 Å². The molecule has 0 heterocycles. The summed E-state index contributed by atoms with van der Waals surface area (Å²) in [4.78, 5) is 11.7.